The fraction of sp³-hybridized carbons (Fsp3) is 0.529. The zero-order chi connectivity index (χ0) is 16.5. The molecule has 1 aromatic carbocycles. The molecule has 0 aliphatic rings. The number of benzene rings is 1. The Morgan fingerprint density at radius 2 is 1.77 bits per heavy atom. The van der Waals surface area contributed by atoms with E-state index in [2.05, 4.69) is 10.6 Å². The molecule has 2 unspecified atom stereocenters. The van der Waals surface area contributed by atoms with Crippen LogP contribution in [0.4, 0.5) is 0 Å². The average Bonchev–Trinajstić information content (AvgIpc) is 2.46. The molecular formula is C17H26N2O3. The van der Waals surface area contributed by atoms with Crippen LogP contribution in [0.3, 0.4) is 0 Å². The van der Waals surface area contributed by atoms with Gasteiger partial charge in [-0.2, -0.15) is 0 Å². The molecule has 1 amide bonds. The Bertz CT molecular complexity index is 474. The fourth-order valence-corrected chi connectivity index (χ4v) is 2.13. The first-order valence-electron chi connectivity index (χ1n) is 7.63. The molecule has 0 heterocycles. The van der Waals surface area contributed by atoms with Gasteiger partial charge in [0.25, 0.3) is 0 Å². The van der Waals surface area contributed by atoms with E-state index < -0.39 is 0 Å². The van der Waals surface area contributed by atoms with Gasteiger partial charge in [-0.15, -0.1) is 0 Å². The van der Waals surface area contributed by atoms with E-state index >= 15 is 0 Å². The summed E-state index contributed by atoms with van der Waals surface area (Å²) in [6, 6.07) is 9.10. The third-order valence-electron chi connectivity index (χ3n) is 3.21. The van der Waals surface area contributed by atoms with Crippen molar-refractivity contribution in [3.63, 3.8) is 0 Å². The number of nitrogens with one attached hydrogen (secondary N) is 2. The number of amides is 1. The molecule has 1 rings (SSSR count). The van der Waals surface area contributed by atoms with Crippen molar-refractivity contribution in [2.45, 2.75) is 39.3 Å². The molecule has 5 heteroatoms. The normalized spacial score (nSPS) is 13.5. The van der Waals surface area contributed by atoms with Crippen LogP contribution >= 0.6 is 0 Å². The minimum absolute atomic E-state index is 0.0828. The van der Waals surface area contributed by atoms with Crippen molar-refractivity contribution in [1.29, 1.82) is 0 Å². The van der Waals surface area contributed by atoms with Crippen LogP contribution in [0.15, 0.2) is 30.3 Å². The Morgan fingerprint density at radius 3 is 2.32 bits per heavy atom. The van der Waals surface area contributed by atoms with Crippen molar-refractivity contribution in [3.8, 4) is 0 Å². The first-order valence-corrected chi connectivity index (χ1v) is 7.63. The quantitative estimate of drug-likeness (QED) is 0.721. The maximum absolute atomic E-state index is 12.2. The van der Waals surface area contributed by atoms with E-state index in [4.69, 9.17) is 4.74 Å². The molecule has 0 fully saturated rings. The van der Waals surface area contributed by atoms with Crippen LogP contribution < -0.4 is 10.6 Å². The summed E-state index contributed by atoms with van der Waals surface area (Å²) in [6.07, 6.45) is -0.0388. The molecule has 1 aromatic rings. The number of carbonyl (C=O) groups excluding carboxylic acids is 2. The maximum Gasteiger partial charge on any atom is 0.308 e. The van der Waals surface area contributed by atoms with Gasteiger partial charge < -0.3 is 15.4 Å². The number of esters is 1. The van der Waals surface area contributed by atoms with Crippen LogP contribution in [0.1, 0.15) is 38.8 Å². The SMILES string of the molecule is CNCC(C)C(=O)NC(CC(=O)OC(C)C)c1ccccc1. The average molecular weight is 306 g/mol. The highest BCUT2D eigenvalue weighted by Gasteiger charge is 2.22. The first kappa shape index (κ1) is 18.2. The smallest absolute Gasteiger partial charge is 0.308 e. The summed E-state index contributed by atoms with van der Waals surface area (Å²) in [5, 5.41) is 5.92. The van der Waals surface area contributed by atoms with E-state index in [1.54, 1.807) is 7.05 Å². The van der Waals surface area contributed by atoms with Gasteiger partial charge in [0.1, 0.15) is 0 Å². The largest absolute Gasteiger partial charge is 0.463 e. The van der Waals surface area contributed by atoms with Gasteiger partial charge in [-0.1, -0.05) is 37.3 Å². The number of rotatable bonds is 8. The molecular weight excluding hydrogens is 280 g/mol. The second-order valence-corrected chi connectivity index (χ2v) is 5.67. The van der Waals surface area contributed by atoms with Crippen molar-refractivity contribution < 1.29 is 14.3 Å². The third kappa shape index (κ3) is 6.26. The van der Waals surface area contributed by atoms with E-state index in [1.807, 2.05) is 51.1 Å². The molecule has 5 nitrogen and oxygen atoms in total. The van der Waals surface area contributed by atoms with Crippen molar-refractivity contribution in [3.05, 3.63) is 35.9 Å². The fourth-order valence-electron chi connectivity index (χ4n) is 2.13. The van der Waals surface area contributed by atoms with Crippen LogP contribution in [0, 0.1) is 5.92 Å². The molecule has 0 aliphatic heterocycles. The minimum Gasteiger partial charge on any atom is -0.463 e. The zero-order valence-electron chi connectivity index (χ0n) is 13.8. The van der Waals surface area contributed by atoms with Crippen molar-refractivity contribution in [1.82, 2.24) is 10.6 Å². The minimum atomic E-state index is -0.376. The molecule has 0 aliphatic carbocycles. The summed E-state index contributed by atoms with van der Waals surface area (Å²) < 4.78 is 5.19. The van der Waals surface area contributed by atoms with Crippen LogP contribution in [0.2, 0.25) is 0 Å². The van der Waals surface area contributed by atoms with Gasteiger partial charge in [0.15, 0.2) is 0 Å². The third-order valence-corrected chi connectivity index (χ3v) is 3.21. The van der Waals surface area contributed by atoms with E-state index in [0.717, 1.165) is 5.56 Å². The van der Waals surface area contributed by atoms with E-state index in [1.165, 1.54) is 0 Å². The van der Waals surface area contributed by atoms with Crippen LogP contribution in [0.5, 0.6) is 0 Å². The summed E-state index contributed by atoms with van der Waals surface area (Å²) in [6.45, 7) is 6.05. The Hall–Kier alpha value is -1.88. The molecule has 0 saturated heterocycles. The summed E-state index contributed by atoms with van der Waals surface area (Å²) in [5.41, 5.74) is 0.896. The predicted octanol–water partition coefficient (Wildman–Crippen LogP) is 2.04. The summed E-state index contributed by atoms with van der Waals surface area (Å²) in [7, 11) is 1.80. The van der Waals surface area contributed by atoms with E-state index in [9.17, 15) is 9.59 Å². The van der Waals surface area contributed by atoms with Gasteiger partial charge in [0.05, 0.1) is 18.6 Å². The lowest BCUT2D eigenvalue weighted by Gasteiger charge is -2.21. The number of ether oxygens (including phenoxy) is 1. The lowest BCUT2D eigenvalue weighted by Crippen LogP contribution is -2.37. The van der Waals surface area contributed by atoms with Crippen LogP contribution in [-0.2, 0) is 14.3 Å². The number of carbonyl (C=O) groups is 2. The zero-order valence-corrected chi connectivity index (χ0v) is 13.8. The highest BCUT2D eigenvalue weighted by atomic mass is 16.5. The maximum atomic E-state index is 12.2. The topological polar surface area (TPSA) is 67.4 Å². The Morgan fingerprint density at radius 1 is 1.14 bits per heavy atom. The van der Waals surface area contributed by atoms with Crippen LogP contribution in [0.25, 0.3) is 0 Å². The molecule has 2 atom stereocenters. The number of hydrogen-bond acceptors (Lipinski definition) is 4. The van der Waals surface area contributed by atoms with E-state index in [-0.39, 0.29) is 36.4 Å². The number of hydrogen-bond donors (Lipinski definition) is 2. The molecule has 0 radical (unpaired) electrons. The summed E-state index contributed by atoms with van der Waals surface area (Å²) in [5.74, 6) is -0.566. The highest BCUT2D eigenvalue weighted by Crippen LogP contribution is 2.18. The molecule has 22 heavy (non-hydrogen) atoms. The van der Waals surface area contributed by atoms with Gasteiger partial charge in [-0.3, -0.25) is 9.59 Å². The summed E-state index contributed by atoms with van der Waals surface area (Å²) >= 11 is 0. The summed E-state index contributed by atoms with van der Waals surface area (Å²) in [4.78, 5) is 24.1. The van der Waals surface area contributed by atoms with Crippen molar-refractivity contribution >= 4 is 11.9 Å². The molecule has 2 N–H and O–H groups in total. The molecule has 122 valence electrons. The van der Waals surface area contributed by atoms with Gasteiger partial charge >= 0.3 is 5.97 Å². The monoisotopic (exact) mass is 306 g/mol. The molecule has 0 aromatic heterocycles. The molecule has 0 bridgehead atoms. The second-order valence-electron chi connectivity index (χ2n) is 5.67. The van der Waals surface area contributed by atoms with Gasteiger partial charge in [0, 0.05) is 12.5 Å². The Kier molecular flexibility index (Phi) is 7.60. The lowest BCUT2D eigenvalue weighted by atomic mass is 10.0. The first-order chi connectivity index (χ1) is 10.4. The van der Waals surface area contributed by atoms with Gasteiger partial charge in [0.2, 0.25) is 5.91 Å². The standard InChI is InChI=1S/C17H26N2O3/c1-12(2)22-16(20)10-15(14-8-6-5-7-9-14)19-17(21)13(3)11-18-4/h5-9,12-13,15,18H,10-11H2,1-4H3,(H,19,21). The van der Waals surface area contributed by atoms with Gasteiger partial charge in [-0.25, -0.2) is 0 Å². The van der Waals surface area contributed by atoms with Crippen LogP contribution in [-0.4, -0.2) is 31.6 Å². The molecule has 0 spiro atoms. The van der Waals surface area contributed by atoms with Gasteiger partial charge in [-0.05, 0) is 26.5 Å². The highest BCUT2D eigenvalue weighted by molar-refractivity contribution is 5.80. The predicted molar refractivity (Wildman–Crippen MR) is 86.3 cm³/mol. The van der Waals surface area contributed by atoms with E-state index in [0.29, 0.717) is 6.54 Å². The van der Waals surface area contributed by atoms with Crippen molar-refractivity contribution in [2.75, 3.05) is 13.6 Å². The molecule has 0 saturated carbocycles. The Labute approximate surface area is 132 Å². The lowest BCUT2D eigenvalue weighted by molar-refractivity contribution is -0.148. The van der Waals surface area contributed by atoms with Crippen molar-refractivity contribution in [2.24, 2.45) is 5.92 Å². The second kappa shape index (κ2) is 9.20. The Balaban J connectivity index is 2.79.